The van der Waals surface area contributed by atoms with E-state index in [0.717, 1.165) is 115 Å². The van der Waals surface area contributed by atoms with Crippen molar-refractivity contribution in [3.05, 3.63) is 24.3 Å². The largest absolute Gasteiger partial charge is 0.462 e. The van der Waals surface area contributed by atoms with Crippen molar-refractivity contribution >= 4 is 17.9 Å². The Labute approximate surface area is 372 Å². The Kier molecular flexibility index (Phi) is 43.3. The molecule has 7 nitrogen and oxygen atoms in total. The van der Waals surface area contributed by atoms with Crippen LogP contribution in [0.25, 0.3) is 0 Å². The molecule has 0 fully saturated rings. The first-order chi connectivity index (χ1) is 29.2. The molecule has 0 saturated carbocycles. The molecular formula is C53H99NO6. The first-order valence-corrected chi connectivity index (χ1v) is 25.7. The van der Waals surface area contributed by atoms with Crippen LogP contribution in [-0.4, -0.2) is 62.8 Å². The number of ether oxygens (including phenoxy) is 3. The van der Waals surface area contributed by atoms with Gasteiger partial charge in [0, 0.05) is 19.3 Å². The van der Waals surface area contributed by atoms with Crippen LogP contribution in [0.3, 0.4) is 0 Å². The Morgan fingerprint density at radius 2 is 0.767 bits per heavy atom. The molecule has 0 aromatic carbocycles. The van der Waals surface area contributed by atoms with Crippen LogP contribution in [0.1, 0.15) is 246 Å². The van der Waals surface area contributed by atoms with Gasteiger partial charge in [0.05, 0.1) is 0 Å². The SMILES string of the molecule is CCCCCC(C/C=C\COC(=O)CCCCCCCC(CCCCCCCC(=O)OC/C=C\CC(CCCCC)CCCCC)OC(=O)CCCN(C)C)CCCCC. The number of allylic oxidation sites excluding steroid dienone is 2. The summed E-state index contributed by atoms with van der Waals surface area (Å²) in [7, 11) is 4.05. The second kappa shape index (κ2) is 44.9. The van der Waals surface area contributed by atoms with Gasteiger partial charge in [0.15, 0.2) is 0 Å². The van der Waals surface area contributed by atoms with Crippen LogP contribution < -0.4 is 0 Å². The van der Waals surface area contributed by atoms with Gasteiger partial charge in [-0.25, -0.2) is 0 Å². The second-order valence-corrected chi connectivity index (χ2v) is 18.1. The lowest BCUT2D eigenvalue weighted by molar-refractivity contribution is -0.150. The number of unbranched alkanes of at least 4 members (excludes halogenated alkanes) is 16. The molecule has 0 amide bonds. The summed E-state index contributed by atoms with van der Waals surface area (Å²) in [5.74, 6) is 1.24. The fourth-order valence-corrected chi connectivity index (χ4v) is 8.02. The van der Waals surface area contributed by atoms with Gasteiger partial charge in [0.2, 0.25) is 0 Å². The number of nitrogens with zero attached hydrogens (tertiary/aromatic N) is 1. The Morgan fingerprint density at radius 1 is 0.417 bits per heavy atom. The van der Waals surface area contributed by atoms with Crippen molar-refractivity contribution in [2.75, 3.05) is 33.9 Å². The molecule has 0 heterocycles. The number of hydrogen-bond acceptors (Lipinski definition) is 7. The average Bonchev–Trinajstić information content (AvgIpc) is 3.22. The van der Waals surface area contributed by atoms with Crippen LogP contribution in [0.15, 0.2) is 24.3 Å². The van der Waals surface area contributed by atoms with Crippen LogP contribution in [0, 0.1) is 11.8 Å². The summed E-state index contributed by atoms with van der Waals surface area (Å²) in [6.07, 6.45) is 45.7. The molecule has 0 bridgehead atoms. The molecular weight excluding hydrogens is 747 g/mol. The summed E-state index contributed by atoms with van der Waals surface area (Å²) < 4.78 is 17.0. The van der Waals surface area contributed by atoms with Gasteiger partial charge in [-0.15, -0.1) is 0 Å². The van der Waals surface area contributed by atoms with E-state index in [1.165, 1.54) is 103 Å². The van der Waals surface area contributed by atoms with E-state index in [2.05, 4.69) is 44.7 Å². The first kappa shape index (κ1) is 57.9. The fraction of sp³-hybridized carbons (Fsp3) is 0.868. The van der Waals surface area contributed by atoms with Crippen molar-refractivity contribution in [2.24, 2.45) is 11.8 Å². The smallest absolute Gasteiger partial charge is 0.306 e. The highest BCUT2D eigenvalue weighted by atomic mass is 16.5. The highest BCUT2D eigenvalue weighted by Gasteiger charge is 2.15. The van der Waals surface area contributed by atoms with Crippen LogP contribution >= 0.6 is 0 Å². The summed E-state index contributed by atoms with van der Waals surface area (Å²) >= 11 is 0. The van der Waals surface area contributed by atoms with E-state index in [1.54, 1.807) is 0 Å². The summed E-state index contributed by atoms with van der Waals surface area (Å²) in [5.41, 5.74) is 0. The summed E-state index contributed by atoms with van der Waals surface area (Å²) in [6.45, 7) is 10.7. The van der Waals surface area contributed by atoms with Gasteiger partial charge >= 0.3 is 17.9 Å². The Bertz CT molecular complexity index is 939. The van der Waals surface area contributed by atoms with Crippen LogP contribution in [-0.2, 0) is 28.6 Å². The van der Waals surface area contributed by atoms with Crippen molar-refractivity contribution in [1.29, 1.82) is 0 Å². The van der Waals surface area contributed by atoms with Crippen LogP contribution in [0.5, 0.6) is 0 Å². The van der Waals surface area contributed by atoms with E-state index in [4.69, 9.17) is 14.2 Å². The Morgan fingerprint density at radius 3 is 1.15 bits per heavy atom. The third-order valence-corrected chi connectivity index (χ3v) is 11.9. The minimum absolute atomic E-state index is 0.0335. The molecule has 60 heavy (non-hydrogen) atoms. The van der Waals surface area contributed by atoms with E-state index in [9.17, 15) is 14.4 Å². The highest BCUT2D eigenvalue weighted by molar-refractivity contribution is 5.70. The van der Waals surface area contributed by atoms with Crippen molar-refractivity contribution in [2.45, 2.75) is 252 Å². The third-order valence-electron chi connectivity index (χ3n) is 11.9. The van der Waals surface area contributed by atoms with E-state index in [-0.39, 0.29) is 24.0 Å². The maximum absolute atomic E-state index is 12.7. The van der Waals surface area contributed by atoms with E-state index >= 15 is 0 Å². The van der Waals surface area contributed by atoms with Gasteiger partial charge in [0.1, 0.15) is 19.3 Å². The van der Waals surface area contributed by atoms with Crippen LogP contribution in [0.2, 0.25) is 0 Å². The summed E-state index contributed by atoms with van der Waals surface area (Å²) in [4.78, 5) is 39.3. The normalized spacial score (nSPS) is 12.0. The maximum Gasteiger partial charge on any atom is 0.306 e. The molecule has 0 spiro atoms. The van der Waals surface area contributed by atoms with Gasteiger partial charge in [-0.3, -0.25) is 14.4 Å². The number of esters is 3. The minimum Gasteiger partial charge on any atom is -0.462 e. The van der Waals surface area contributed by atoms with Crippen molar-refractivity contribution in [1.82, 2.24) is 4.90 Å². The van der Waals surface area contributed by atoms with Crippen molar-refractivity contribution in [3.8, 4) is 0 Å². The molecule has 0 atom stereocenters. The molecule has 0 aliphatic carbocycles. The predicted octanol–water partition coefficient (Wildman–Crippen LogP) is 15.2. The Hall–Kier alpha value is -2.15. The molecule has 7 heteroatoms. The first-order valence-electron chi connectivity index (χ1n) is 25.7. The van der Waals surface area contributed by atoms with Gasteiger partial charge < -0.3 is 19.1 Å². The number of rotatable bonds is 45. The number of hydrogen-bond donors (Lipinski definition) is 0. The molecule has 0 unspecified atom stereocenters. The van der Waals surface area contributed by atoms with E-state index in [1.807, 2.05) is 26.2 Å². The average molecular weight is 846 g/mol. The molecule has 0 radical (unpaired) electrons. The van der Waals surface area contributed by atoms with Gasteiger partial charge in [-0.1, -0.05) is 193 Å². The maximum atomic E-state index is 12.7. The van der Waals surface area contributed by atoms with E-state index in [0.29, 0.717) is 32.5 Å². The molecule has 0 N–H and O–H groups in total. The molecule has 0 aliphatic heterocycles. The molecule has 352 valence electrons. The molecule has 0 aromatic heterocycles. The molecule has 0 aromatic rings. The monoisotopic (exact) mass is 846 g/mol. The second-order valence-electron chi connectivity index (χ2n) is 18.1. The third kappa shape index (κ3) is 41.2. The van der Waals surface area contributed by atoms with Crippen molar-refractivity contribution < 1.29 is 28.6 Å². The quantitative estimate of drug-likeness (QED) is 0.0261. The number of carbonyl (C=O) groups excluding carboxylic acids is 3. The summed E-state index contributed by atoms with van der Waals surface area (Å²) in [5, 5.41) is 0. The number of carbonyl (C=O) groups is 3. The topological polar surface area (TPSA) is 82.1 Å². The minimum atomic E-state index is -0.0965. The molecule has 0 aliphatic rings. The lowest BCUT2D eigenvalue weighted by Crippen LogP contribution is -2.20. The zero-order valence-corrected chi connectivity index (χ0v) is 40.6. The van der Waals surface area contributed by atoms with Crippen LogP contribution in [0.4, 0.5) is 0 Å². The lowest BCUT2D eigenvalue weighted by Gasteiger charge is -2.18. The fourth-order valence-electron chi connectivity index (χ4n) is 8.02. The van der Waals surface area contributed by atoms with Gasteiger partial charge in [-0.05, 0) is 90.3 Å². The molecule has 0 rings (SSSR count). The summed E-state index contributed by atoms with van der Waals surface area (Å²) in [6, 6.07) is 0. The lowest BCUT2D eigenvalue weighted by atomic mass is 9.92. The van der Waals surface area contributed by atoms with Gasteiger partial charge in [-0.2, -0.15) is 0 Å². The zero-order valence-electron chi connectivity index (χ0n) is 40.6. The standard InChI is InChI=1S/C53H99NO6/c1-7-11-21-34-48(35-22-12-8-2)38-29-31-46-58-51(55)42-27-19-15-17-25-40-50(60-53(57)44-33-45-54(5)6)41-26-18-16-20-28-43-52(56)59-47-32-30-39-49(36-23-13-9-3)37-24-14-10-4/h29-32,48-50H,7-28,33-47H2,1-6H3/b31-29-,32-30-. The zero-order chi connectivity index (χ0) is 44.2. The van der Waals surface area contributed by atoms with Crippen molar-refractivity contribution in [3.63, 3.8) is 0 Å². The van der Waals surface area contributed by atoms with Gasteiger partial charge in [0.25, 0.3) is 0 Å². The predicted molar refractivity (Wildman–Crippen MR) is 255 cm³/mol. The highest BCUT2D eigenvalue weighted by Crippen LogP contribution is 2.23. The Balaban J connectivity index is 4.34. The molecule has 0 saturated heterocycles. The van der Waals surface area contributed by atoms with E-state index < -0.39 is 0 Å².